The van der Waals surface area contributed by atoms with E-state index in [1.54, 1.807) is 22.8 Å². The van der Waals surface area contributed by atoms with Gasteiger partial charge in [0.1, 0.15) is 5.75 Å². The minimum atomic E-state index is -0.183. The molecule has 0 aliphatic heterocycles. The Kier molecular flexibility index (Phi) is 4.68. The molecule has 1 N–H and O–H groups in total. The summed E-state index contributed by atoms with van der Waals surface area (Å²) in [6, 6.07) is 16.8. The summed E-state index contributed by atoms with van der Waals surface area (Å²) < 4.78 is 1.70. The van der Waals surface area contributed by atoms with Gasteiger partial charge < -0.3 is 9.67 Å². The maximum Gasteiger partial charge on any atom is 0.254 e. The van der Waals surface area contributed by atoms with E-state index in [9.17, 15) is 9.90 Å². The van der Waals surface area contributed by atoms with E-state index in [2.05, 4.69) is 12.1 Å². The van der Waals surface area contributed by atoms with Crippen LogP contribution in [-0.2, 0) is 13.0 Å². The van der Waals surface area contributed by atoms with E-state index >= 15 is 0 Å². The van der Waals surface area contributed by atoms with Crippen LogP contribution in [0.4, 0.5) is 0 Å². The number of aromatic hydroxyl groups is 1. The lowest BCUT2D eigenvalue weighted by Crippen LogP contribution is -2.19. The molecule has 3 aromatic rings. The third kappa shape index (κ3) is 3.57. The topological polar surface area (TPSA) is 42.2 Å². The lowest BCUT2D eigenvalue weighted by atomic mass is 10.1. The molecule has 0 aliphatic rings. The molecule has 23 heavy (non-hydrogen) atoms. The van der Waals surface area contributed by atoms with Crippen LogP contribution < -0.4 is 5.56 Å². The number of rotatable bonds is 5. The highest BCUT2D eigenvalue weighted by molar-refractivity contribution is 6.31. The van der Waals surface area contributed by atoms with Crippen LogP contribution >= 0.6 is 11.6 Å². The second kappa shape index (κ2) is 6.88. The van der Waals surface area contributed by atoms with Crippen LogP contribution in [-0.4, -0.2) is 9.67 Å². The van der Waals surface area contributed by atoms with Gasteiger partial charge in [-0.2, -0.15) is 0 Å². The molecule has 0 radical (unpaired) electrons. The monoisotopic (exact) mass is 327 g/mol. The highest BCUT2D eigenvalue weighted by Gasteiger charge is 2.08. The first-order valence-electron chi connectivity index (χ1n) is 7.71. The van der Waals surface area contributed by atoms with Gasteiger partial charge in [-0.05, 0) is 43.0 Å². The molecule has 0 fully saturated rings. The molecule has 0 spiro atoms. The van der Waals surface area contributed by atoms with Gasteiger partial charge in [-0.3, -0.25) is 4.79 Å². The van der Waals surface area contributed by atoms with Crippen LogP contribution in [0.15, 0.2) is 59.4 Å². The summed E-state index contributed by atoms with van der Waals surface area (Å²) in [7, 11) is 0. The van der Waals surface area contributed by atoms with Crippen LogP contribution in [0.2, 0.25) is 5.02 Å². The SMILES string of the molecule is O=c1cc(O)c2cc(Cl)ccc2n1CCCCc1ccccc1. The molecular formula is C19H18ClNO2. The molecule has 4 heteroatoms. The number of pyridine rings is 1. The molecule has 2 aromatic carbocycles. The molecule has 0 bridgehead atoms. The van der Waals surface area contributed by atoms with Crippen LogP contribution in [0.5, 0.6) is 5.75 Å². The Morgan fingerprint density at radius 1 is 1.00 bits per heavy atom. The predicted molar refractivity (Wildman–Crippen MR) is 94.3 cm³/mol. The number of unbranched alkanes of at least 4 members (excludes halogenated alkanes) is 1. The minimum Gasteiger partial charge on any atom is -0.507 e. The second-order valence-corrected chi connectivity index (χ2v) is 6.06. The molecule has 0 aliphatic carbocycles. The Balaban J connectivity index is 1.76. The standard InChI is InChI=1S/C19H18ClNO2/c20-15-9-10-17-16(12-15)18(22)13-19(23)21(17)11-5-4-8-14-6-2-1-3-7-14/h1-3,6-7,9-10,12-13,22H,4-5,8,11H2. The molecule has 118 valence electrons. The largest absolute Gasteiger partial charge is 0.507 e. The van der Waals surface area contributed by atoms with Crippen molar-refractivity contribution in [2.24, 2.45) is 0 Å². The summed E-state index contributed by atoms with van der Waals surface area (Å²) in [5.74, 6) is -0.0203. The summed E-state index contributed by atoms with van der Waals surface area (Å²) >= 11 is 5.98. The van der Waals surface area contributed by atoms with Gasteiger partial charge in [0.25, 0.3) is 5.56 Å². The van der Waals surface area contributed by atoms with E-state index in [-0.39, 0.29) is 11.3 Å². The number of halogens is 1. The fourth-order valence-corrected chi connectivity index (χ4v) is 2.99. The Morgan fingerprint density at radius 2 is 1.78 bits per heavy atom. The number of hydrogen-bond donors (Lipinski definition) is 1. The molecule has 0 saturated heterocycles. The lowest BCUT2D eigenvalue weighted by Gasteiger charge is -2.11. The van der Waals surface area contributed by atoms with Gasteiger partial charge in [0.15, 0.2) is 0 Å². The van der Waals surface area contributed by atoms with Gasteiger partial charge in [0.2, 0.25) is 0 Å². The zero-order valence-corrected chi connectivity index (χ0v) is 13.5. The molecular weight excluding hydrogens is 310 g/mol. The van der Waals surface area contributed by atoms with E-state index in [0.717, 1.165) is 24.8 Å². The molecule has 0 amide bonds. The normalized spacial score (nSPS) is 11.0. The fraction of sp³-hybridized carbons (Fsp3) is 0.211. The number of benzene rings is 2. The quantitative estimate of drug-likeness (QED) is 0.706. The summed E-state index contributed by atoms with van der Waals surface area (Å²) in [6.45, 7) is 0.629. The van der Waals surface area contributed by atoms with Crippen molar-refractivity contribution in [2.75, 3.05) is 0 Å². The number of aromatic nitrogens is 1. The minimum absolute atomic E-state index is 0.0203. The number of hydrogen-bond acceptors (Lipinski definition) is 2. The third-order valence-corrected chi connectivity index (χ3v) is 4.23. The van der Waals surface area contributed by atoms with Gasteiger partial charge in [-0.25, -0.2) is 0 Å². The summed E-state index contributed by atoms with van der Waals surface area (Å²) in [6.07, 6.45) is 2.90. The first kappa shape index (κ1) is 15.6. The van der Waals surface area contributed by atoms with E-state index in [1.807, 2.05) is 18.2 Å². The lowest BCUT2D eigenvalue weighted by molar-refractivity contribution is 0.478. The van der Waals surface area contributed by atoms with Crippen LogP contribution in [0.1, 0.15) is 18.4 Å². The van der Waals surface area contributed by atoms with Gasteiger partial charge >= 0.3 is 0 Å². The van der Waals surface area contributed by atoms with Gasteiger partial charge in [0, 0.05) is 23.0 Å². The summed E-state index contributed by atoms with van der Waals surface area (Å²) in [5.41, 5.74) is 1.85. The third-order valence-electron chi connectivity index (χ3n) is 3.99. The van der Waals surface area contributed by atoms with Crippen molar-refractivity contribution in [3.63, 3.8) is 0 Å². The van der Waals surface area contributed by atoms with E-state index < -0.39 is 0 Å². The molecule has 0 unspecified atom stereocenters. The Labute approximate surface area is 139 Å². The zero-order valence-electron chi connectivity index (χ0n) is 12.7. The predicted octanol–water partition coefficient (Wildman–Crippen LogP) is 4.38. The first-order chi connectivity index (χ1) is 11.1. The highest BCUT2D eigenvalue weighted by atomic mass is 35.5. The average molecular weight is 328 g/mol. The smallest absolute Gasteiger partial charge is 0.254 e. The molecule has 1 heterocycles. The van der Waals surface area contributed by atoms with Crippen LogP contribution in [0.25, 0.3) is 10.9 Å². The van der Waals surface area contributed by atoms with Crippen LogP contribution in [0.3, 0.4) is 0 Å². The van der Waals surface area contributed by atoms with Crippen LogP contribution in [0, 0.1) is 0 Å². The second-order valence-electron chi connectivity index (χ2n) is 5.62. The maximum absolute atomic E-state index is 12.2. The van der Waals surface area contributed by atoms with E-state index in [4.69, 9.17) is 11.6 Å². The highest BCUT2D eigenvalue weighted by Crippen LogP contribution is 2.25. The van der Waals surface area contributed by atoms with E-state index in [0.29, 0.717) is 17.0 Å². The van der Waals surface area contributed by atoms with Crippen molar-refractivity contribution in [1.29, 1.82) is 0 Å². The molecule has 3 nitrogen and oxygen atoms in total. The van der Waals surface area contributed by atoms with Crippen molar-refractivity contribution in [1.82, 2.24) is 4.57 Å². The molecule has 0 atom stereocenters. The molecule has 0 saturated carbocycles. The Bertz CT molecular complexity index is 872. The van der Waals surface area contributed by atoms with Crippen molar-refractivity contribution in [3.05, 3.63) is 75.5 Å². The maximum atomic E-state index is 12.2. The number of fused-ring (bicyclic) bond motifs is 1. The van der Waals surface area contributed by atoms with Crippen molar-refractivity contribution >= 4 is 22.5 Å². The number of aryl methyl sites for hydroxylation is 2. The summed E-state index contributed by atoms with van der Waals surface area (Å²) in [4.78, 5) is 12.2. The van der Waals surface area contributed by atoms with Crippen molar-refractivity contribution < 1.29 is 5.11 Å². The van der Waals surface area contributed by atoms with Gasteiger partial charge in [-0.15, -0.1) is 0 Å². The van der Waals surface area contributed by atoms with Gasteiger partial charge in [-0.1, -0.05) is 41.9 Å². The fourth-order valence-electron chi connectivity index (χ4n) is 2.81. The van der Waals surface area contributed by atoms with Crippen molar-refractivity contribution in [2.45, 2.75) is 25.8 Å². The van der Waals surface area contributed by atoms with E-state index in [1.165, 1.54) is 11.6 Å². The summed E-state index contributed by atoms with van der Waals surface area (Å²) in [5, 5.41) is 11.1. The molecule has 1 aromatic heterocycles. The average Bonchev–Trinajstić information content (AvgIpc) is 2.55. The number of nitrogens with zero attached hydrogens (tertiary/aromatic N) is 1. The zero-order chi connectivity index (χ0) is 16.2. The first-order valence-corrected chi connectivity index (χ1v) is 8.09. The Morgan fingerprint density at radius 3 is 2.57 bits per heavy atom. The molecule has 3 rings (SSSR count). The Hall–Kier alpha value is -2.26. The van der Waals surface area contributed by atoms with Gasteiger partial charge in [0.05, 0.1) is 5.52 Å². The van der Waals surface area contributed by atoms with Crippen molar-refractivity contribution in [3.8, 4) is 5.75 Å².